The van der Waals surface area contributed by atoms with Crippen LogP contribution in [0.4, 0.5) is 0 Å². The first kappa shape index (κ1) is 11.2. The van der Waals surface area contributed by atoms with Crippen molar-refractivity contribution in [2.75, 3.05) is 0 Å². The van der Waals surface area contributed by atoms with Gasteiger partial charge in [-0.2, -0.15) is 0 Å². The monoisotopic (exact) mass is 222 g/mol. The summed E-state index contributed by atoms with van der Waals surface area (Å²) in [5.74, 6) is 1.07. The third-order valence-electron chi connectivity index (χ3n) is 3.28. The van der Waals surface area contributed by atoms with Crippen molar-refractivity contribution in [3.63, 3.8) is 0 Å². The molecule has 0 saturated carbocycles. The van der Waals surface area contributed by atoms with E-state index in [9.17, 15) is 4.79 Å². The molecule has 16 heavy (non-hydrogen) atoms. The van der Waals surface area contributed by atoms with Gasteiger partial charge in [-0.25, -0.2) is 4.98 Å². The zero-order valence-corrected chi connectivity index (χ0v) is 9.86. The highest BCUT2D eigenvalue weighted by Crippen LogP contribution is 2.23. The molecule has 1 unspecified atom stereocenters. The average Bonchev–Trinajstić information content (AvgIpc) is 2.51. The van der Waals surface area contributed by atoms with Gasteiger partial charge in [0.1, 0.15) is 5.82 Å². The Morgan fingerprint density at radius 2 is 2.38 bits per heavy atom. The van der Waals surface area contributed by atoms with E-state index in [1.807, 2.05) is 6.92 Å². The number of fused-ring (bicyclic) bond motifs is 1. The Morgan fingerprint density at radius 3 is 3.06 bits per heavy atom. The van der Waals surface area contributed by atoms with Crippen LogP contribution in [0.15, 0.2) is 0 Å². The van der Waals surface area contributed by atoms with Crippen LogP contribution < -0.4 is 0 Å². The predicted octanol–water partition coefficient (Wildman–Crippen LogP) is 1.79. The molecular weight excluding hydrogens is 204 g/mol. The minimum Gasteiger partial charge on any atom is -0.481 e. The van der Waals surface area contributed by atoms with Gasteiger partial charge >= 0.3 is 5.97 Å². The Labute approximate surface area is 95.3 Å². The van der Waals surface area contributed by atoms with Crippen molar-refractivity contribution in [3.8, 4) is 0 Å². The highest BCUT2D eigenvalue weighted by atomic mass is 16.4. The number of rotatable bonds is 3. The number of carboxylic acid groups (broad SMARTS) is 1. The van der Waals surface area contributed by atoms with E-state index in [0.717, 1.165) is 30.2 Å². The smallest absolute Gasteiger partial charge is 0.303 e. The number of aliphatic carboxylic acids is 1. The number of nitrogens with zero attached hydrogens (tertiary/aromatic N) is 2. The van der Waals surface area contributed by atoms with Gasteiger partial charge in [0.05, 0.1) is 12.1 Å². The molecule has 1 atom stereocenters. The molecule has 1 N–H and O–H groups in total. The molecule has 1 aromatic heterocycles. The summed E-state index contributed by atoms with van der Waals surface area (Å²) in [5.41, 5.74) is 2.12. The van der Waals surface area contributed by atoms with Gasteiger partial charge in [-0.3, -0.25) is 4.79 Å². The second kappa shape index (κ2) is 4.28. The molecule has 1 aliphatic heterocycles. The summed E-state index contributed by atoms with van der Waals surface area (Å²) in [6.07, 6.45) is 3.01. The van der Waals surface area contributed by atoms with Crippen molar-refractivity contribution in [2.45, 2.75) is 46.1 Å². The molecular formula is C12H18N2O2. The first-order valence-electron chi connectivity index (χ1n) is 5.84. The van der Waals surface area contributed by atoms with E-state index in [1.54, 1.807) is 0 Å². The molecule has 1 aromatic rings. The van der Waals surface area contributed by atoms with Gasteiger partial charge in [-0.05, 0) is 25.7 Å². The molecule has 2 rings (SSSR count). The van der Waals surface area contributed by atoms with E-state index in [-0.39, 0.29) is 6.42 Å². The summed E-state index contributed by atoms with van der Waals surface area (Å²) in [6.45, 7) is 5.21. The zero-order valence-electron chi connectivity index (χ0n) is 9.86. The van der Waals surface area contributed by atoms with Crippen LogP contribution in [0.5, 0.6) is 0 Å². The van der Waals surface area contributed by atoms with Crippen molar-refractivity contribution in [3.05, 3.63) is 17.2 Å². The SMILES string of the molecule is Cc1nc2n(c1CCC(=O)O)CC(C)CC2. The molecule has 0 spiro atoms. The van der Waals surface area contributed by atoms with Gasteiger partial charge in [-0.1, -0.05) is 6.92 Å². The Balaban J connectivity index is 2.23. The molecule has 0 aliphatic carbocycles. The molecule has 88 valence electrons. The lowest BCUT2D eigenvalue weighted by atomic mass is 10.0. The van der Waals surface area contributed by atoms with E-state index in [1.165, 1.54) is 6.42 Å². The fraction of sp³-hybridized carbons (Fsp3) is 0.667. The zero-order chi connectivity index (χ0) is 11.7. The average molecular weight is 222 g/mol. The van der Waals surface area contributed by atoms with Crippen molar-refractivity contribution in [1.29, 1.82) is 0 Å². The number of carbonyl (C=O) groups is 1. The third kappa shape index (κ3) is 2.10. The van der Waals surface area contributed by atoms with Crippen molar-refractivity contribution < 1.29 is 9.90 Å². The lowest BCUT2D eigenvalue weighted by Gasteiger charge is -2.22. The lowest BCUT2D eigenvalue weighted by molar-refractivity contribution is -0.136. The first-order valence-corrected chi connectivity index (χ1v) is 5.84. The van der Waals surface area contributed by atoms with Gasteiger partial charge in [0.2, 0.25) is 0 Å². The van der Waals surface area contributed by atoms with Crippen molar-refractivity contribution >= 4 is 5.97 Å². The van der Waals surface area contributed by atoms with Gasteiger partial charge < -0.3 is 9.67 Å². The first-order chi connectivity index (χ1) is 7.58. The third-order valence-corrected chi connectivity index (χ3v) is 3.28. The summed E-state index contributed by atoms with van der Waals surface area (Å²) in [5, 5.41) is 8.73. The maximum atomic E-state index is 10.6. The van der Waals surface area contributed by atoms with E-state index in [2.05, 4.69) is 16.5 Å². The number of hydrogen-bond donors (Lipinski definition) is 1. The van der Waals surface area contributed by atoms with Crippen LogP contribution in [0.25, 0.3) is 0 Å². The fourth-order valence-corrected chi connectivity index (χ4v) is 2.40. The molecule has 0 amide bonds. The quantitative estimate of drug-likeness (QED) is 0.848. The summed E-state index contributed by atoms with van der Waals surface area (Å²) in [4.78, 5) is 15.1. The molecule has 4 heteroatoms. The second-order valence-electron chi connectivity index (χ2n) is 4.71. The van der Waals surface area contributed by atoms with Crippen LogP contribution in [-0.4, -0.2) is 20.6 Å². The Morgan fingerprint density at radius 1 is 1.62 bits per heavy atom. The molecule has 0 fully saturated rings. The maximum absolute atomic E-state index is 10.6. The van der Waals surface area contributed by atoms with E-state index in [4.69, 9.17) is 5.11 Å². The summed E-state index contributed by atoms with van der Waals surface area (Å²) in [7, 11) is 0. The molecule has 1 aliphatic rings. The minimum atomic E-state index is -0.737. The van der Waals surface area contributed by atoms with E-state index in [0.29, 0.717) is 12.3 Å². The molecule has 2 heterocycles. The van der Waals surface area contributed by atoms with Crippen molar-refractivity contribution in [1.82, 2.24) is 9.55 Å². The number of imidazole rings is 1. The van der Waals surface area contributed by atoms with Crippen LogP contribution in [-0.2, 0) is 24.2 Å². The topological polar surface area (TPSA) is 55.1 Å². The predicted molar refractivity (Wildman–Crippen MR) is 60.4 cm³/mol. The van der Waals surface area contributed by atoms with Crippen LogP contribution in [0.2, 0.25) is 0 Å². The standard InChI is InChI=1S/C12H18N2O2/c1-8-3-5-11-13-9(2)10(14(11)7-8)4-6-12(15)16/h8H,3-7H2,1-2H3,(H,15,16). The Bertz CT molecular complexity index is 409. The summed E-state index contributed by atoms with van der Waals surface area (Å²) >= 11 is 0. The van der Waals surface area contributed by atoms with Crippen LogP contribution in [0.1, 0.15) is 37.0 Å². The van der Waals surface area contributed by atoms with Crippen LogP contribution >= 0.6 is 0 Å². The largest absolute Gasteiger partial charge is 0.481 e. The van der Waals surface area contributed by atoms with E-state index < -0.39 is 5.97 Å². The second-order valence-corrected chi connectivity index (χ2v) is 4.71. The van der Waals surface area contributed by atoms with Crippen molar-refractivity contribution in [2.24, 2.45) is 5.92 Å². The van der Waals surface area contributed by atoms with Crippen LogP contribution in [0.3, 0.4) is 0 Å². The minimum absolute atomic E-state index is 0.195. The number of hydrogen-bond acceptors (Lipinski definition) is 2. The summed E-state index contributed by atoms with van der Waals surface area (Å²) in [6, 6.07) is 0. The lowest BCUT2D eigenvalue weighted by Crippen LogP contribution is -2.20. The van der Waals surface area contributed by atoms with Gasteiger partial charge in [-0.15, -0.1) is 0 Å². The van der Waals surface area contributed by atoms with Crippen LogP contribution in [0, 0.1) is 12.8 Å². The molecule has 0 bridgehead atoms. The molecule has 0 radical (unpaired) electrons. The van der Waals surface area contributed by atoms with E-state index >= 15 is 0 Å². The fourth-order valence-electron chi connectivity index (χ4n) is 2.40. The number of aromatic nitrogens is 2. The van der Waals surface area contributed by atoms with Gasteiger partial charge in [0, 0.05) is 18.7 Å². The molecule has 0 aromatic carbocycles. The van der Waals surface area contributed by atoms with Gasteiger partial charge in [0.15, 0.2) is 0 Å². The van der Waals surface area contributed by atoms with Gasteiger partial charge in [0.25, 0.3) is 0 Å². The Kier molecular flexibility index (Phi) is 2.99. The number of carboxylic acids is 1. The maximum Gasteiger partial charge on any atom is 0.303 e. The molecule has 4 nitrogen and oxygen atoms in total. The number of aryl methyl sites for hydroxylation is 2. The highest BCUT2D eigenvalue weighted by molar-refractivity contribution is 5.67. The normalized spacial score (nSPS) is 19.5. The Hall–Kier alpha value is -1.32. The summed E-state index contributed by atoms with van der Waals surface area (Å²) < 4.78 is 2.23. The highest BCUT2D eigenvalue weighted by Gasteiger charge is 2.21. The molecule has 0 saturated heterocycles.